The lowest BCUT2D eigenvalue weighted by atomic mass is 9.93. The summed E-state index contributed by atoms with van der Waals surface area (Å²) in [4.78, 5) is 50.6. The molecule has 2 aliphatic rings. The van der Waals surface area contributed by atoms with Gasteiger partial charge in [-0.05, 0) is 66.6 Å². The predicted molar refractivity (Wildman–Crippen MR) is 181 cm³/mol. The number of carboxylic acid groups (broad SMARTS) is 2. The molecule has 2 atom stereocenters. The van der Waals surface area contributed by atoms with Crippen molar-refractivity contribution in [3.8, 4) is 16.9 Å². The maximum Gasteiger partial charge on any atom is 0.414 e. The number of halogens is 3. The van der Waals surface area contributed by atoms with E-state index in [1.165, 1.54) is 10.7 Å². The number of carboxylic acids is 2. The fourth-order valence-corrected chi connectivity index (χ4v) is 6.61. The summed E-state index contributed by atoms with van der Waals surface area (Å²) in [5, 5.41) is 23.0. The second kappa shape index (κ2) is 14.4. The molecule has 3 aromatic carbocycles. The number of amides is 2. The van der Waals surface area contributed by atoms with Crippen LogP contribution in [0.15, 0.2) is 60.9 Å². The van der Waals surface area contributed by atoms with Gasteiger partial charge in [0, 0.05) is 45.0 Å². The summed E-state index contributed by atoms with van der Waals surface area (Å²) in [7, 11) is 0. The molecule has 0 radical (unpaired) electrons. The van der Waals surface area contributed by atoms with Crippen LogP contribution in [-0.2, 0) is 20.9 Å². The monoisotopic (exact) mass is 724 g/mol. The Kier molecular flexibility index (Phi) is 9.98. The molecular formula is C35H31Cl2FN4O8. The van der Waals surface area contributed by atoms with Gasteiger partial charge in [0.15, 0.2) is 0 Å². The van der Waals surface area contributed by atoms with Gasteiger partial charge in [-0.1, -0.05) is 41.4 Å². The number of aliphatic carboxylic acids is 2. The van der Waals surface area contributed by atoms with Crippen molar-refractivity contribution in [1.82, 2.24) is 14.7 Å². The molecule has 1 saturated carbocycles. The van der Waals surface area contributed by atoms with Gasteiger partial charge in [0.2, 0.25) is 0 Å². The maximum absolute atomic E-state index is 15.3. The summed E-state index contributed by atoms with van der Waals surface area (Å²) in [6, 6.07) is 13.1. The third-order valence-corrected chi connectivity index (χ3v) is 9.43. The van der Waals surface area contributed by atoms with Crippen LogP contribution < -0.4 is 9.64 Å². The SMILES string of the molecule is Cc1c(Cl)cccc1OCCOC(=O)N1C[C@@H]2C[C@@H]2c2c(-c3cnn(Cc4c(F)cc(C(=O)N(CC(=O)O)CC(=O)O)cc4Cl)c3)cccc21. The van der Waals surface area contributed by atoms with Crippen molar-refractivity contribution in [2.75, 3.05) is 37.7 Å². The largest absolute Gasteiger partial charge is 0.490 e. The Morgan fingerprint density at radius 2 is 1.76 bits per heavy atom. The molecular weight excluding hydrogens is 694 g/mol. The summed E-state index contributed by atoms with van der Waals surface area (Å²) in [6.45, 7) is 0.739. The molecule has 2 N–H and O–H groups in total. The molecule has 6 rings (SSSR count). The van der Waals surface area contributed by atoms with E-state index in [1.54, 1.807) is 35.5 Å². The third kappa shape index (κ3) is 7.38. The molecule has 260 valence electrons. The van der Waals surface area contributed by atoms with E-state index in [1.807, 2.05) is 25.1 Å². The second-order valence-corrected chi connectivity index (χ2v) is 12.9. The summed E-state index contributed by atoms with van der Waals surface area (Å²) < 4.78 is 28.2. The van der Waals surface area contributed by atoms with Gasteiger partial charge in [-0.3, -0.25) is 24.0 Å². The standard InChI is InChI=1S/C35H31Cl2FN4O8/c1-19-26(36)5-3-7-30(19)49-8-9-50-35(48)42-15-21-10-24(21)33-23(4-2-6-29(33)42)22-13-39-41(14-22)16-25-27(37)11-20(12-28(25)38)34(47)40(17-31(43)44)18-32(45)46/h2-7,11-14,21,24H,8-10,15-18H2,1H3,(H,43,44)(H,45,46)/t21-,24-/m0/s1. The van der Waals surface area contributed by atoms with Crippen LogP contribution in [0.1, 0.15) is 39.4 Å². The highest BCUT2D eigenvalue weighted by Gasteiger charge is 2.48. The van der Waals surface area contributed by atoms with Gasteiger partial charge in [0.1, 0.15) is 37.9 Å². The van der Waals surface area contributed by atoms with Crippen molar-refractivity contribution in [3.63, 3.8) is 0 Å². The highest BCUT2D eigenvalue weighted by Crippen LogP contribution is 2.57. The van der Waals surface area contributed by atoms with Crippen molar-refractivity contribution in [1.29, 1.82) is 0 Å². The zero-order valence-corrected chi connectivity index (χ0v) is 28.2. The number of nitrogens with zero attached hydrogens (tertiary/aromatic N) is 4. The number of hydrogen-bond donors (Lipinski definition) is 2. The number of anilines is 1. The number of fused-ring (bicyclic) bond motifs is 3. The minimum absolute atomic E-state index is 0.0293. The molecule has 2 heterocycles. The highest BCUT2D eigenvalue weighted by atomic mass is 35.5. The summed E-state index contributed by atoms with van der Waals surface area (Å²) in [6.07, 6.45) is 3.81. The van der Waals surface area contributed by atoms with E-state index in [2.05, 4.69) is 5.10 Å². The van der Waals surface area contributed by atoms with Crippen LogP contribution in [0.3, 0.4) is 0 Å². The topological polar surface area (TPSA) is 152 Å². The van der Waals surface area contributed by atoms with Crippen LogP contribution in [0.4, 0.5) is 14.9 Å². The second-order valence-electron chi connectivity index (χ2n) is 12.1. The predicted octanol–water partition coefficient (Wildman–Crippen LogP) is 6.10. The number of rotatable bonds is 12. The van der Waals surface area contributed by atoms with Crippen molar-refractivity contribution in [2.45, 2.75) is 25.8 Å². The van der Waals surface area contributed by atoms with E-state index in [-0.39, 0.29) is 47.7 Å². The zero-order chi connectivity index (χ0) is 35.7. The van der Waals surface area contributed by atoms with Crippen LogP contribution in [0.5, 0.6) is 5.75 Å². The number of hydrogen-bond acceptors (Lipinski definition) is 7. The van der Waals surface area contributed by atoms with Crippen LogP contribution >= 0.6 is 23.2 Å². The van der Waals surface area contributed by atoms with Crippen LogP contribution in [0.25, 0.3) is 11.1 Å². The average Bonchev–Trinajstić information content (AvgIpc) is 3.71. The highest BCUT2D eigenvalue weighted by molar-refractivity contribution is 6.32. The number of aromatic nitrogens is 2. The van der Waals surface area contributed by atoms with Gasteiger partial charge in [0.25, 0.3) is 5.91 Å². The number of ether oxygens (including phenoxy) is 2. The normalized spacial score (nSPS) is 15.9. The lowest BCUT2D eigenvalue weighted by Gasteiger charge is -2.29. The first-order valence-corrected chi connectivity index (χ1v) is 16.4. The van der Waals surface area contributed by atoms with E-state index in [9.17, 15) is 19.2 Å². The van der Waals surface area contributed by atoms with Gasteiger partial charge < -0.3 is 24.6 Å². The number of carbonyl (C=O) groups excluding carboxylic acids is 2. The molecule has 15 heteroatoms. The first-order valence-electron chi connectivity index (χ1n) is 15.6. The molecule has 12 nitrogen and oxygen atoms in total. The van der Waals surface area contributed by atoms with Gasteiger partial charge in [0.05, 0.1) is 18.4 Å². The number of benzene rings is 3. The number of carbonyl (C=O) groups is 4. The summed E-state index contributed by atoms with van der Waals surface area (Å²) in [5.41, 5.74) is 3.92. The van der Waals surface area contributed by atoms with E-state index in [0.717, 1.165) is 40.4 Å². The third-order valence-electron chi connectivity index (χ3n) is 8.68. The Morgan fingerprint density at radius 3 is 2.48 bits per heavy atom. The van der Waals surface area contributed by atoms with Crippen LogP contribution in [0.2, 0.25) is 10.0 Å². The Labute approximate surface area is 295 Å². The average molecular weight is 726 g/mol. The molecule has 0 spiro atoms. The zero-order valence-electron chi connectivity index (χ0n) is 26.6. The summed E-state index contributed by atoms with van der Waals surface area (Å²) in [5.74, 6) is -3.51. The quantitative estimate of drug-likeness (QED) is 0.165. The molecule has 2 amide bonds. The van der Waals surface area contributed by atoms with E-state index < -0.39 is 42.8 Å². The van der Waals surface area contributed by atoms with E-state index >= 15 is 4.39 Å². The lowest BCUT2D eigenvalue weighted by Crippen LogP contribution is -2.39. The van der Waals surface area contributed by atoms with Gasteiger partial charge in [-0.2, -0.15) is 5.10 Å². The molecule has 50 heavy (non-hydrogen) atoms. The van der Waals surface area contributed by atoms with Gasteiger partial charge in [-0.25, -0.2) is 9.18 Å². The molecule has 1 fully saturated rings. The molecule has 0 unspecified atom stereocenters. The Bertz CT molecular complexity index is 1960. The van der Waals surface area contributed by atoms with Crippen LogP contribution in [0, 0.1) is 18.7 Å². The van der Waals surface area contributed by atoms with E-state index in [0.29, 0.717) is 22.2 Å². The van der Waals surface area contributed by atoms with Crippen molar-refractivity contribution < 1.29 is 43.3 Å². The fourth-order valence-electron chi connectivity index (χ4n) is 6.18. The van der Waals surface area contributed by atoms with Crippen molar-refractivity contribution >= 4 is 52.8 Å². The first kappa shape index (κ1) is 34.7. The van der Waals surface area contributed by atoms with Crippen LogP contribution in [-0.4, -0.2) is 81.7 Å². The summed E-state index contributed by atoms with van der Waals surface area (Å²) >= 11 is 12.5. The van der Waals surface area contributed by atoms with Gasteiger partial charge in [-0.15, -0.1) is 0 Å². The van der Waals surface area contributed by atoms with E-state index in [4.69, 9.17) is 42.9 Å². The molecule has 1 aromatic heterocycles. The molecule has 0 bridgehead atoms. The first-order chi connectivity index (χ1) is 23.9. The molecule has 1 aliphatic heterocycles. The van der Waals surface area contributed by atoms with Gasteiger partial charge >= 0.3 is 18.0 Å². The smallest absolute Gasteiger partial charge is 0.414 e. The molecule has 4 aromatic rings. The fraction of sp³-hybridized carbons (Fsp3) is 0.286. The minimum atomic E-state index is -1.42. The van der Waals surface area contributed by atoms with Crippen molar-refractivity contribution in [2.24, 2.45) is 5.92 Å². The Balaban J connectivity index is 1.16. The Hall–Kier alpha value is -5.14. The maximum atomic E-state index is 15.3. The molecule has 0 saturated heterocycles. The Morgan fingerprint density at radius 1 is 1.02 bits per heavy atom. The molecule has 1 aliphatic carbocycles. The van der Waals surface area contributed by atoms with Crippen molar-refractivity contribution in [3.05, 3.63) is 99.0 Å². The minimum Gasteiger partial charge on any atom is -0.490 e. The lowest BCUT2D eigenvalue weighted by molar-refractivity contribution is -0.140.